The van der Waals surface area contributed by atoms with E-state index in [1.54, 1.807) is 6.07 Å². The predicted molar refractivity (Wildman–Crippen MR) is 79.6 cm³/mol. The average molecular weight is 363 g/mol. The zero-order valence-corrected chi connectivity index (χ0v) is 13.5. The summed E-state index contributed by atoms with van der Waals surface area (Å²) in [7, 11) is 2.42. The first-order chi connectivity index (χ1) is 9.38. The van der Waals surface area contributed by atoms with Gasteiger partial charge in [-0.05, 0) is 24.6 Å². The zero-order valence-electron chi connectivity index (χ0n) is 11.1. The van der Waals surface area contributed by atoms with Gasteiger partial charge in [0.2, 0.25) is 0 Å². The van der Waals surface area contributed by atoms with Crippen molar-refractivity contribution in [3.8, 4) is 0 Å². The molecule has 0 radical (unpaired) electrons. The topological polar surface area (TPSA) is 64.6 Å². The van der Waals surface area contributed by atoms with Crippen LogP contribution < -0.4 is 5.32 Å². The number of carbonyl (C=O) groups is 2. The molecular formula is C13H13BrClNO4. The fourth-order valence-corrected chi connectivity index (χ4v) is 2.12. The van der Waals surface area contributed by atoms with E-state index in [0.717, 1.165) is 16.1 Å². The van der Waals surface area contributed by atoms with Crippen LogP contribution in [0.25, 0.3) is 0 Å². The van der Waals surface area contributed by atoms with Gasteiger partial charge in [0.1, 0.15) is 5.70 Å². The molecule has 0 aliphatic heterocycles. The summed E-state index contributed by atoms with van der Waals surface area (Å²) < 4.78 is 9.87. The molecule has 1 aromatic rings. The second-order valence-corrected chi connectivity index (χ2v) is 5.08. The molecule has 0 bridgehead atoms. The van der Waals surface area contributed by atoms with Crippen LogP contribution in [0.1, 0.15) is 5.56 Å². The molecule has 5 nitrogen and oxygen atoms in total. The molecule has 0 fully saturated rings. The molecule has 0 saturated heterocycles. The molecule has 7 heteroatoms. The van der Waals surface area contributed by atoms with Crippen molar-refractivity contribution in [1.29, 1.82) is 0 Å². The zero-order chi connectivity index (χ0) is 15.3. The van der Waals surface area contributed by atoms with Gasteiger partial charge in [-0.3, -0.25) is 0 Å². The van der Waals surface area contributed by atoms with Gasteiger partial charge in [-0.2, -0.15) is 0 Å². The minimum absolute atomic E-state index is 0.0706. The molecule has 0 aliphatic rings. The van der Waals surface area contributed by atoms with Gasteiger partial charge in [-0.15, -0.1) is 0 Å². The van der Waals surface area contributed by atoms with Crippen LogP contribution in [0, 0.1) is 6.92 Å². The highest BCUT2D eigenvalue weighted by atomic mass is 79.9. The second-order valence-electron chi connectivity index (χ2n) is 3.78. The third kappa shape index (κ3) is 4.25. The standard InChI is InChI=1S/C13H13BrClNO4/c1-7-4-8(14)5-9(12(7)15)16-10(13(18)20-3)6-11(17)19-2/h4-6,16H,1-3H3/b10-6+. The number of methoxy groups -OCH3 is 2. The van der Waals surface area contributed by atoms with Gasteiger partial charge in [0.15, 0.2) is 0 Å². The first-order valence-electron chi connectivity index (χ1n) is 5.49. The summed E-state index contributed by atoms with van der Waals surface area (Å²) in [5.41, 5.74) is 1.21. The molecule has 0 atom stereocenters. The maximum Gasteiger partial charge on any atom is 0.354 e. The van der Waals surface area contributed by atoms with Crippen LogP contribution in [0.2, 0.25) is 5.02 Å². The Kier molecular flexibility index (Phi) is 6.04. The first kappa shape index (κ1) is 16.5. The average Bonchev–Trinajstić information content (AvgIpc) is 2.42. The van der Waals surface area contributed by atoms with Crippen molar-refractivity contribution >= 4 is 45.2 Å². The number of aryl methyl sites for hydroxylation is 1. The fraction of sp³-hybridized carbons (Fsp3) is 0.231. The van der Waals surface area contributed by atoms with Gasteiger partial charge in [-0.25, -0.2) is 9.59 Å². The second kappa shape index (κ2) is 7.31. The molecule has 0 saturated carbocycles. The molecule has 108 valence electrons. The Morgan fingerprint density at radius 3 is 2.50 bits per heavy atom. The van der Waals surface area contributed by atoms with Crippen LogP contribution in [-0.2, 0) is 19.1 Å². The summed E-state index contributed by atoms with van der Waals surface area (Å²) >= 11 is 9.48. The van der Waals surface area contributed by atoms with Crippen LogP contribution in [0.15, 0.2) is 28.4 Å². The van der Waals surface area contributed by atoms with E-state index in [9.17, 15) is 9.59 Å². The molecular weight excluding hydrogens is 350 g/mol. The summed E-state index contributed by atoms with van der Waals surface area (Å²) in [4.78, 5) is 22.9. The number of esters is 2. The van der Waals surface area contributed by atoms with Gasteiger partial charge >= 0.3 is 11.9 Å². The number of hydrogen-bond acceptors (Lipinski definition) is 5. The Morgan fingerprint density at radius 2 is 1.95 bits per heavy atom. The van der Waals surface area contributed by atoms with Crippen molar-refractivity contribution in [2.75, 3.05) is 19.5 Å². The van der Waals surface area contributed by atoms with Gasteiger partial charge in [0.05, 0.1) is 31.0 Å². The number of benzene rings is 1. The maximum absolute atomic E-state index is 11.6. The quantitative estimate of drug-likeness (QED) is 0.659. The van der Waals surface area contributed by atoms with Crippen LogP contribution in [0.5, 0.6) is 0 Å². The van der Waals surface area contributed by atoms with Gasteiger partial charge in [0.25, 0.3) is 0 Å². The molecule has 0 aliphatic carbocycles. The fourth-order valence-electron chi connectivity index (χ4n) is 1.39. The van der Waals surface area contributed by atoms with Crippen LogP contribution >= 0.6 is 27.5 Å². The molecule has 20 heavy (non-hydrogen) atoms. The van der Waals surface area contributed by atoms with Gasteiger partial charge < -0.3 is 14.8 Å². The third-order valence-electron chi connectivity index (χ3n) is 2.36. The maximum atomic E-state index is 11.6. The molecule has 0 heterocycles. The summed E-state index contributed by atoms with van der Waals surface area (Å²) in [6.45, 7) is 1.82. The number of rotatable bonds is 4. The van der Waals surface area contributed by atoms with E-state index in [1.165, 1.54) is 14.2 Å². The van der Waals surface area contributed by atoms with E-state index in [0.29, 0.717) is 10.7 Å². The van der Waals surface area contributed by atoms with Crippen LogP contribution in [-0.4, -0.2) is 26.2 Å². The van der Waals surface area contributed by atoms with Crippen molar-refractivity contribution in [2.24, 2.45) is 0 Å². The number of anilines is 1. The monoisotopic (exact) mass is 361 g/mol. The van der Waals surface area contributed by atoms with Crippen molar-refractivity contribution in [2.45, 2.75) is 6.92 Å². The highest BCUT2D eigenvalue weighted by molar-refractivity contribution is 9.10. The Bertz CT molecular complexity index is 572. The van der Waals surface area contributed by atoms with E-state index in [4.69, 9.17) is 11.6 Å². The Balaban J connectivity index is 3.17. The molecule has 1 rings (SSSR count). The lowest BCUT2D eigenvalue weighted by atomic mass is 10.2. The molecule has 0 aromatic heterocycles. The van der Waals surface area contributed by atoms with E-state index in [1.807, 2.05) is 13.0 Å². The number of nitrogens with one attached hydrogen (secondary N) is 1. The van der Waals surface area contributed by atoms with Crippen molar-refractivity contribution in [3.63, 3.8) is 0 Å². The number of carbonyl (C=O) groups excluding carboxylic acids is 2. The highest BCUT2D eigenvalue weighted by Gasteiger charge is 2.15. The van der Waals surface area contributed by atoms with Crippen LogP contribution in [0.4, 0.5) is 5.69 Å². The highest BCUT2D eigenvalue weighted by Crippen LogP contribution is 2.30. The minimum Gasteiger partial charge on any atom is -0.466 e. The van der Waals surface area contributed by atoms with E-state index in [-0.39, 0.29) is 5.70 Å². The molecule has 0 spiro atoms. The lowest BCUT2D eigenvalue weighted by molar-refractivity contribution is -0.138. The Morgan fingerprint density at radius 1 is 1.30 bits per heavy atom. The predicted octanol–water partition coefficient (Wildman–Crippen LogP) is 3.05. The summed E-state index contributed by atoms with van der Waals surface area (Å²) in [5.74, 6) is -1.38. The van der Waals surface area contributed by atoms with Crippen molar-refractivity contribution < 1.29 is 19.1 Å². The summed E-state index contributed by atoms with van der Waals surface area (Å²) in [5, 5.41) is 3.21. The lowest BCUT2D eigenvalue weighted by Crippen LogP contribution is -2.15. The van der Waals surface area contributed by atoms with Gasteiger partial charge in [-0.1, -0.05) is 27.5 Å². The Hall–Kier alpha value is -1.53. The van der Waals surface area contributed by atoms with E-state index in [2.05, 4.69) is 30.7 Å². The molecule has 0 unspecified atom stereocenters. The summed E-state index contributed by atoms with van der Waals surface area (Å²) in [6.07, 6.45) is 0.998. The number of halogens is 2. The number of ether oxygens (including phenoxy) is 2. The van der Waals surface area contributed by atoms with E-state index < -0.39 is 11.9 Å². The lowest BCUT2D eigenvalue weighted by Gasteiger charge is -2.12. The minimum atomic E-state index is -0.705. The first-order valence-corrected chi connectivity index (χ1v) is 6.66. The van der Waals surface area contributed by atoms with E-state index >= 15 is 0 Å². The smallest absolute Gasteiger partial charge is 0.354 e. The third-order valence-corrected chi connectivity index (χ3v) is 3.32. The SMILES string of the molecule is COC(=O)/C=C(/Nc1cc(Br)cc(C)c1Cl)C(=O)OC. The molecule has 1 aromatic carbocycles. The number of hydrogen-bond donors (Lipinski definition) is 1. The summed E-state index contributed by atoms with van der Waals surface area (Å²) in [6, 6.07) is 3.51. The normalized spacial score (nSPS) is 10.9. The van der Waals surface area contributed by atoms with Gasteiger partial charge in [0, 0.05) is 4.47 Å². The van der Waals surface area contributed by atoms with Crippen molar-refractivity contribution in [1.82, 2.24) is 0 Å². The van der Waals surface area contributed by atoms with Crippen molar-refractivity contribution in [3.05, 3.63) is 39.0 Å². The largest absolute Gasteiger partial charge is 0.466 e. The molecule has 1 N–H and O–H groups in total. The Labute approximate surface area is 130 Å². The van der Waals surface area contributed by atoms with Crippen LogP contribution in [0.3, 0.4) is 0 Å². The molecule has 0 amide bonds.